The van der Waals surface area contributed by atoms with E-state index in [9.17, 15) is 4.79 Å². The number of carbonyl (C=O) groups excluding carboxylic acids is 1. The molecule has 0 aliphatic carbocycles. The van der Waals surface area contributed by atoms with Crippen molar-refractivity contribution in [3.63, 3.8) is 0 Å². The number of nitrogens with two attached hydrogens (primary N) is 1. The smallest absolute Gasteiger partial charge is 0.251 e. The third kappa shape index (κ3) is 6.04. The molecule has 0 aliphatic heterocycles. The highest BCUT2D eigenvalue weighted by Gasteiger charge is 2.03. The van der Waals surface area contributed by atoms with Gasteiger partial charge in [-0.1, -0.05) is 33.6 Å². The molecular weight excluding hydrogens is 368 g/mol. The number of hydrogen-bond donors (Lipinski definition) is 3. The number of amides is 1. The number of nitrogens with zero attached hydrogens (tertiary/aromatic N) is 1. The van der Waals surface area contributed by atoms with Crippen LogP contribution in [-0.4, -0.2) is 25.0 Å². The van der Waals surface area contributed by atoms with E-state index in [0.29, 0.717) is 24.6 Å². The molecule has 0 radical (unpaired) electrons. The lowest BCUT2D eigenvalue weighted by molar-refractivity contribution is 0.0953. The third-order valence-electron chi connectivity index (χ3n) is 3.33. The Hall–Kier alpha value is -2.34. The molecular formula is C18H21BrN4O. The minimum atomic E-state index is -0.0859. The quantitative estimate of drug-likeness (QED) is 0.403. The number of aryl methyl sites for hydroxylation is 1. The van der Waals surface area contributed by atoms with Crippen LogP contribution in [0.1, 0.15) is 22.3 Å². The number of benzene rings is 2. The van der Waals surface area contributed by atoms with Gasteiger partial charge in [-0.25, -0.2) is 0 Å². The van der Waals surface area contributed by atoms with E-state index >= 15 is 0 Å². The number of guanidine groups is 1. The molecule has 0 saturated carbocycles. The van der Waals surface area contributed by atoms with Crippen molar-refractivity contribution in [2.45, 2.75) is 13.3 Å². The summed E-state index contributed by atoms with van der Waals surface area (Å²) in [6, 6.07) is 15.2. The molecule has 2 rings (SSSR count). The zero-order valence-electron chi connectivity index (χ0n) is 13.6. The van der Waals surface area contributed by atoms with Crippen LogP contribution in [0.3, 0.4) is 0 Å². The van der Waals surface area contributed by atoms with E-state index in [4.69, 9.17) is 5.73 Å². The number of nitrogens with one attached hydrogen (secondary N) is 2. The molecule has 0 fully saturated rings. The summed E-state index contributed by atoms with van der Waals surface area (Å²) in [4.78, 5) is 16.2. The van der Waals surface area contributed by atoms with Gasteiger partial charge in [-0.2, -0.15) is 0 Å². The van der Waals surface area contributed by atoms with Gasteiger partial charge in [-0.15, -0.1) is 0 Å². The van der Waals surface area contributed by atoms with Gasteiger partial charge in [-0.3, -0.25) is 9.79 Å². The van der Waals surface area contributed by atoms with Gasteiger partial charge in [0.1, 0.15) is 0 Å². The predicted octanol–water partition coefficient (Wildman–Crippen LogP) is 3.30. The van der Waals surface area contributed by atoms with Gasteiger partial charge < -0.3 is 16.4 Å². The number of aliphatic imine (C=N–C) groups is 1. The molecule has 0 aromatic heterocycles. The maximum absolute atomic E-state index is 11.9. The number of halogens is 1. The lowest BCUT2D eigenvalue weighted by Crippen LogP contribution is -2.26. The molecule has 126 valence electrons. The summed E-state index contributed by atoms with van der Waals surface area (Å²) in [5.41, 5.74) is 8.58. The first-order valence-electron chi connectivity index (χ1n) is 7.72. The van der Waals surface area contributed by atoms with E-state index in [2.05, 4.69) is 31.6 Å². The van der Waals surface area contributed by atoms with Crippen molar-refractivity contribution in [2.24, 2.45) is 10.7 Å². The number of hydrogen-bond acceptors (Lipinski definition) is 2. The summed E-state index contributed by atoms with van der Waals surface area (Å²) in [7, 11) is 0. The molecule has 0 heterocycles. The van der Waals surface area contributed by atoms with Crippen LogP contribution >= 0.6 is 15.9 Å². The molecule has 1 amide bonds. The largest absolute Gasteiger partial charge is 0.370 e. The van der Waals surface area contributed by atoms with Crippen LogP contribution in [0.2, 0.25) is 0 Å². The SMILES string of the molecule is Cc1ccc(NC(N)=NCCCNC(=O)c2ccc(Br)cc2)cc1. The number of carbonyl (C=O) groups is 1. The van der Waals surface area contributed by atoms with Gasteiger partial charge in [-0.05, 0) is 49.7 Å². The van der Waals surface area contributed by atoms with Crippen LogP contribution in [0.25, 0.3) is 0 Å². The van der Waals surface area contributed by atoms with Crippen LogP contribution in [0.15, 0.2) is 58.0 Å². The van der Waals surface area contributed by atoms with Gasteiger partial charge >= 0.3 is 0 Å². The minimum absolute atomic E-state index is 0.0859. The summed E-state index contributed by atoms with van der Waals surface area (Å²) >= 11 is 3.34. The molecule has 6 heteroatoms. The van der Waals surface area contributed by atoms with Gasteiger partial charge in [0, 0.05) is 28.8 Å². The van der Waals surface area contributed by atoms with E-state index in [1.807, 2.05) is 43.3 Å². The van der Waals surface area contributed by atoms with Crippen molar-refractivity contribution in [2.75, 3.05) is 18.4 Å². The number of rotatable bonds is 6. The summed E-state index contributed by atoms with van der Waals surface area (Å²) in [6.07, 6.45) is 0.721. The summed E-state index contributed by atoms with van der Waals surface area (Å²) in [5, 5.41) is 5.90. The van der Waals surface area contributed by atoms with Crippen molar-refractivity contribution in [3.05, 3.63) is 64.1 Å². The maximum Gasteiger partial charge on any atom is 0.251 e. The second-order valence-electron chi connectivity index (χ2n) is 5.37. The molecule has 2 aromatic carbocycles. The molecule has 2 aromatic rings. The third-order valence-corrected chi connectivity index (χ3v) is 3.86. The fourth-order valence-electron chi connectivity index (χ4n) is 2.01. The molecule has 0 atom stereocenters. The Kier molecular flexibility index (Phi) is 6.81. The van der Waals surface area contributed by atoms with E-state index in [-0.39, 0.29) is 5.91 Å². The van der Waals surface area contributed by atoms with Crippen LogP contribution in [0, 0.1) is 6.92 Å². The molecule has 5 nitrogen and oxygen atoms in total. The molecule has 0 spiro atoms. The number of anilines is 1. The van der Waals surface area contributed by atoms with Crippen LogP contribution in [-0.2, 0) is 0 Å². The van der Waals surface area contributed by atoms with E-state index in [1.54, 1.807) is 12.1 Å². The Morgan fingerprint density at radius 1 is 1.12 bits per heavy atom. The Morgan fingerprint density at radius 2 is 1.79 bits per heavy atom. The minimum Gasteiger partial charge on any atom is -0.370 e. The van der Waals surface area contributed by atoms with Gasteiger partial charge in [0.25, 0.3) is 5.91 Å². The average molecular weight is 389 g/mol. The van der Waals surface area contributed by atoms with Crippen molar-refractivity contribution < 1.29 is 4.79 Å². The van der Waals surface area contributed by atoms with Gasteiger partial charge in [0.05, 0.1) is 0 Å². The van der Waals surface area contributed by atoms with Crippen LogP contribution < -0.4 is 16.4 Å². The van der Waals surface area contributed by atoms with Crippen molar-refractivity contribution in [1.82, 2.24) is 5.32 Å². The molecule has 0 unspecified atom stereocenters. The Labute approximate surface area is 150 Å². The van der Waals surface area contributed by atoms with Crippen molar-refractivity contribution in [3.8, 4) is 0 Å². The maximum atomic E-state index is 11.9. The molecule has 0 aliphatic rings. The molecule has 24 heavy (non-hydrogen) atoms. The van der Waals surface area contributed by atoms with Crippen LogP contribution in [0.4, 0.5) is 5.69 Å². The zero-order valence-corrected chi connectivity index (χ0v) is 15.1. The highest BCUT2D eigenvalue weighted by Crippen LogP contribution is 2.10. The monoisotopic (exact) mass is 388 g/mol. The molecule has 0 saturated heterocycles. The summed E-state index contributed by atoms with van der Waals surface area (Å²) < 4.78 is 0.949. The van der Waals surface area contributed by atoms with Crippen LogP contribution in [0.5, 0.6) is 0 Å². The lowest BCUT2D eigenvalue weighted by atomic mass is 10.2. The highest BCUT2D eigenvalue weighted by molar-refractivity contribution is 9.10. The van der Waals surface area contributed by atoms with E-state index < -0.39 is 0 Å². The van der Waals surface area contributed by atoms with Crippen molar-refractivity contribution in [1.29, 1.82) is 0 Å². The Morgan fingerprint density at radius 3 is 2.46 bits per heavy atom. The molecule has 0 bridgehead atoms. The highest BCUT2D eigenvalue weighted by atomic mass is 79.9. The average Bonchev–Trinajstić information content (AvgIpc) is 2.57. The van der Waals surface area contributed by atoms with E-state index in [1.165, 1.54) is 5.56 Å². The topological polar surface area (TPSA) is 79.5 Å². The summed E-state index contributed by atoms with van der Waals surface area (Å²) in [5.74, 6) is 0.287. The standard InChI is InChI=1S/C18H21BrN4O/c1-13-3-9-16(10-4-13)23-18(20)22-12-2-11-21-17(24)14-5-7-15(19)8-6-14/h3-10H,2,11-12H2,1H3,(H,21,24)(H3,20,22,23). The normalized spacial score (nSPS) is 11.2. The first kappa shape index (κ1) is 18.0. The fraction of sp³-hybridized carbons (Fsp3) is 0.222. The zero-order chi connectivity index (χ0) is 17.4. The second kappa shape index (κ2) is 9.08. The second-order valence-corrected chi connectivity index (χ2v) is 6.29. The van der Waals surface area contributed by atoms with Crippen molar-refractivity contribution >= 4 is 33.5 Å². The fourth-order valence-corrected chi connectivity index (χ4v) is 2.27. The summed E-state index contributed by atoms with van der Waals surface area (Å²) in [6.45, 7) is 3.13. The van der Waals surface area contributed by atoms with Gasteiger partial charge in [0.2, 0.25) is 0 Å². The lowest BCUT2D eigenvalue weighted by Gasteiger charge is -2.07. The first-order chi connectivity index (χ1) is 11.5. The first-order valence-corrected chi connectivity index (χ1v) is 8.51. The van der Waals surface area contributed by atoms with E-state index in [0.717, 1.165) is 16.6 Å². The molecule has 4 N–H and O–H groups in total. The van der Waals surface area contributed by atoms with Gasteiger partial charge in [0.15, 0.2) is 5.96 Å². The predicted molar refractivity (Wildman–Crippen MR) is 102 cm³/mol. The Balaban J connectivity index is 1.69. The Bertz CT molecular complexity index is 696.